The minimum Gasteiger partial charge on any atom is -0.504 e. The number of hydrogen-bond acceptors (Lipinski definition) is 4. The Balaban J connectivity index is 1.88. The number of aromatic hydroxyl groups is 1. The Bertz CT molecular complexity index is 551. The van der Waals surface area contributed by atoms with Gasteiger partial charge >= 0.3 is 0 Å². The number of aryl methyl sites for hydroxylation is 2. The summed E-state index contributed by atoms with van der Waals surface area (Å²) in [4.78, 5) is 15.5. The lowest BCUT2D eigenvalue weighted by Gasteiger charge is -2.04. The van der Waals surface area contributed by atoms with Crippen LogP contribution < -0.4 is 5.32 Å². The molecule has 0 aliphatic rings. The standard InChI is InChI=1S/C12H14N4O2/c1-16-8-9(7-14-16)4-5-11(18)15-12-10(17)3-2-6-13-12/h2-3,6-8,17H,4-5H2,1H3,(H,13,15,18). The van der Waals surface area contributed by atoms with Gasteiger partial charge in [0.15, 0.2) is 11.6 Å². The Morgan fingerprint density at radius 3 is 3.06 bits per heavy atom. The lowest BCUT2D eigenvalue weighted by Crippen LogP contribution is -2.13. The maximum absolute atomic E-state index is 11.7. The van der Waals surface area contributed by atoms with E-state index in [4.69, 9.17) is 0 Å². The number of carbonyl (C=O) groups excluding carboxylic acids is 1. The topological polar surface area (TPSA) is 80.0 Å². The van der Waals surface area contributed by atoms with Crippen LogP contribution in [0, 0.1) is 0 Å². The van der Waals surface area contributed by atoms with E-state index in [1.807, 2.05) is 13.2 Å². The van der Waals surface area contributed by atoms with Gasteiger partial charge in [0, 0.05) is 25.9 Å². The van der Waals surface area contributed by atoms with E-state index in [0.29, 0.717) is 12.8 Å². The lowest BCUT2D eigenvalue weighted by atomic mass is 10.2. The molecule has 0 fully saturated rings. The molecule has 2 aromatic rings. The van der Waals surface area contributed by atoms with Gasteiger partial charge in [-0.1, -0.05) is 0 Å². The molecule has 0 aliphatic heterocycles. The van der Waals surface area contributed by atoms with Crippen molar-refractivity contribution in [1.29, 1.82) is 0 Å². The third-order valence-electron chi connectivity index (χ3n) is 2.44. The van der Waals surface area contributed by atoms with Crippen molar-refractivity contribution in [2.75, 3.05) is 5.32 Å². The first-order valence-electron chi connectivity index (χ1n) is 5.56. The highest BCUT2D eigenvalue weighted by molar-refractivity contribution is 5.91. The molecule has 0 spiro atoms. The summed E-state index contributed by atoms with van der Waals surface area (Å²) in [5.41, 5.74) is 0.998. The number of nitrogens with zero attached hydrogens (tertiary/aromatic N) is 3. The second-order valence-electron chi connectivity index (χ2n) is 3.94. The SMILES string of the molecule is Cn1cc(CCC(=O)Nc2ncccc2O)cn1. The Labute approximate surface area is 104 Å². The summed E-state index contributed by atoms with van der Waals surface area (Å²) >= 11 is 0. The number of hydrogen-bond donors (Lipinski definition) is 2. The molecular formula is C12H14N4O2. The van der Waals surface area contributed by atoms with Crippen molar-refractivity contribution >= 4 is 11.7 Å². The number of anilines is 1. The lowest BCUT2D eigenvalue weighted by molar-refractivity contribution is -0.116. The Morgan fingerprint density at radius 1 is 1.56 bits per heavy atom. The molecule has 6 heteroatoms. The van der Waals surface area contributed by atoms with E-state index in [9.17, 15) is 9.90 Å². The van der Waals surface area contributed by atoms with Crippen LogP contribution in [0.4, 0.5) is 5.82 Å². The minimum atomic E-state index is -0.187. The molecule has 2 aromatic heterocycles. The van der Waals surface area contributed by atoms with Crippen LogP contribution in [0.2, 0.25) is 0 Å². The van der Waals surface area contributed by atoms with Gasteiger partial charge in [0.25, 0.3) is 0 Å². The van der Waals surface area contributed by atoms with E-state index >= 15 is 0 Å². The second kappa shape index (κ2) is 5.31. The largest absolute Gasteiger partial charge is 0.504 e. The first kappa shape index (κ1) is 12.1. The fourth-order valence-corrected chi connectivity index (χ4v) is 1.55. The highest BCUT2D eigenvalue weighted by atomic mass is 16.3. The summed E-state index contributed by atoms with van der Waals surface area (Å²) in [6.07, 6.45) is 6.03. The van der Waals surface area contributed by atoms with E-state index in [1.165, 1.54) is 12.3 Å². The molecule has 2 rings (SSSR count). The highest BCUT2D eigenvalue weighted by Crippen LogP contribution is 2.18. The third-order valence-corrected chi connectivity index (χ3v) is 2.44. The molecule has 2 N–H and O–H groups in total. The monoisotopic (exact) mass is 246 g/mol. The van der Waals surface area contributed by atoms with E-state index in [1.54, 1.807) is 16.9 Å². The van der Waals surface area contributed by atoms with Crippen LogP contribution in [0.5, 0.6) is 5.75 Å². The molecule has 0 atom stereocenters. The van der Waals surface area contributed by atoms with Gasteiger partial charge in [-0.05, 0) is 24.1 Å². The molecule has 0 bridgehead atoms. The van der Waals surface area contributed by atoms with Gasteiger partial charge in [-0.25, -0.2) is 4.98 Å². The van der Waals surface area contributed by atoms with Crippen molar-refractivity contribution in [3.05, 3.63) is 36.3 Å². The second-order valence-corrected chi connectivity index (χ2v) is 3.94. The summed E-state index contributed by atoms with van der Waals surface area (Å²) in [5, 5.41) is 16.0. The molecule has 6 nitrogen and oxygen atoms in total. The molecular weight excluding hydrogens is 232 g/mol. The van der Waals surface area contributed by atoms with Gasteiger partial charge in [-0.3, -0.25) is 9.48 Å². The van der Waals surface area contributed by atoms with Crippen LogP contribution >= 0.6 is 0 Å². The number of amides is 1. The maximum Gasteiger partial charge on any atom is 0.225 e. The van der Waals surface area contributed by atoms with Crippen molar-refractivity contribution in [1.82, 2.24) is 14.8 Å². The number of rotatable bonds is 4. The van der Waals surface area contributed by atoms with Gasteiger partial charge in [0.2, 0.25) is 5.91 Å². The van der Waals surface area contributed by atoms with Crippen molar-refractivity contribution < 1.29 is 9.90 Å². The molecule has 0 aliphatic carbocycles. The molecule has 2 heterocycles. The first-order valence-corrected chi connectivity index (χ1v) is 5.56. The van der Waals surface area contributed by atoms with Crippen LogP contribution in [-0.2, 0) is 18.3 Å². The highest BCUT2D eigenvalue weighted by Gasteiger charge is 2.07. The molecule has 0 radical (unpaired) electrons. The van der Waals surface area contributed by atoms with Crippen LogP contribution in [-0.4, -0.2) is 25.8 Å². The van der Waals surface area contributed by atoms with Gasteiger partial charge < -0.3 is 10.4 Å². The van der Waals surface area contributed by atoms with E-state index in [2.05, 4.69) is 15.4 Å². The van der Waals surface area contributed by atoms with Gasteiger partial charge in [0.1, 0.15) is 0 Å². The maximum atomic E-state index is 11.7. The Morgan fingerprint density at radius 2 is 2.39 bits per heavy atom. The zero-order valence-electron chi connectivity index (χ0n) is 10.00. The quantitative estimate of drug-likeness (QED) is 0.846. The van der Waals surface area contributed by atoms with E-state index < -0.39 is 0 Å². The predicted octanol–water partition coefficient (Wildman–Crippen LogP) is 1.09. The number of aromatic nitrogens is 3. The summed E-state index contributed by atoms with van der Waals surface area (Å²) in [7, 11) is 1.83. The molecule has 0 aromatic carbocycles. The fraction of sp³-hybridized carbons (Fsp3) is 0.250. The summed E-state index contributed by atoms with van der Waals surface area (Å²) in [6, 6.07) is 3.07. The zero-order valence-corrected chi connectivity index (χ0v) is 10.00. The third kappa shape index (κ3) is 3.07. The minimum absolute atomic E-state index is 0.0350. The van der Waals surface area contributed by atoms with Crippen LogP contribution in [0.1, 0.15) is 12.0 Å². The zero-order chi connectivity index (χ0) is 13.0. The predicted molar refractivity (Wildman–Crippen MR) is 66.1 cm³/mol. The normalized spacial score (nSPS) is 10.3. The average Bonchev–Trinajstić information content (AvgIpc) is 2.76. The molecule has 1 amide bonds. The molecule has 18 heavy (non-hydrogen) atoms. The Kier molecular flexibility index (Phi) is 3.57. The van der Waals surface area contributed by atoms with E-state index in [0.717, 1.165) is 5.56 Å². The smallest absolute Gasteiger partial charge is 0.225 e. The van der Waals surface area contributed by atoms with Crippen molar-refractivity contribution in [3.63, 3.8) is 0 Å². The number of pyridine rings is 1. The number of carbonyl (C=O) groups is 1. The molecule has 94 valence electrons. The van der Waals surface area contributed by atoms with Crippen LogP contribution in [0.15, 0.2) is 30.7 Å². The van der Waals surface area contributed by atoms with Crippen molar-refractivity contribution in [3.8, 4) is 5.75 Å². The van der Waals surface area contributed by atoms with Crippen molar-refractivity contribution in [2.45, 2.75) is 12.8 Å². The van der Waals surface area contributed by atoms with Crippen LogP contribution in [0.25, 0.3) is 0 Å². The molecule has 0 saturated carbocycles. The molecule has 0 saturated heterocycles. The van der Waals surface area contributed by atoms with E-state index in [-0.39, 0.29) is 17.5 Å². The molecule has 0 unspecified atom stereocenters. The van der Waals surface area contributed by atoms with Crippen LogP contribution in [0.3, 0.4) is 0 Å². The summed E-state index contributed by atoms with van der Waals surface area (Å²) < 4.78 is 1.69. The average molecular weight is 246 g/mol. The van der Waals surface area contributed by atoms with Gasteiger partial charge in [0.05, 0.1) is 6.20 Å². The van der Waals surface area contributed by atoms with Gasteiger partial charge in [-0.2, -0.15) is 5.10 Å². The Hall–Kier alpha value is -2.37. The van der Waals surface area contributed by atoms with Gasteiger partial charge in [-0.15, -0.1) is 0 Å². The fourth-order valence-electron chi connectivity index (χ4n) is 1.55. The van der Waals surface area contributed by atoms with Crippen molar-refractivity contribution in [2.24, 2.45) is 7.05 Å². The summed E-state index contributed by atoms with van der Waals surface area (Å²) in [6.45, 7) is 0. The summed E-state index contributed by atoms with van der Waals surface area (Å²) in [5.74, 6) is -0.0335. The first-order chi connectivity index (χ1) is 8.65. The number of nitrogens with one attached hydrogen (secondary N) is 1.